The van der Waals surface area contributed by atoms with Gasteiger partial charge in [-0.2, -0.15) is 11.3 Å². The van der Waals surface area contributed by atoms with Gasteiger partial charge in [0.25, 0.3) is 0 Å². The zero-order valence-electron chi connectivity index (χ0n) is 11.3. The van der Waals surface area contributed by atoms with Crippen LogP contribution in [0.15, 0.2) is 47.2 Å². The summed E-state index contributed by atoms with van der Waals surface area (Å²) < 4.78 is 4.82. The predicted molar refractivity (Wildman–Crippen MR) is 83.4 cm³/mol. The van der Waals surface area contributed by atoms with E-state index in [9.17, 15) is 4.79 Å². The molecule has 0 amide bonds. The number of thiophene rings is 1. The van der Waals surface area contributed by atoms with Crippen molar-refractivity contribution in [2.75, 3.05) is 7.11 Å². The minimum Gasteiger partial charge on any atom is -0.465 e. The minimum absolute atomic E-state index is 0.388. The minimum atomic E-state index is -0.428. The number of para-hydroxylation sites is 1. The number of nitrogens with zero attached hydrogens (tertiary/aromatic N) is 1. The molecule has 3 rings (SSSR count). The molecule has 3 aromatic rings. The molecule has 3 nitrogen and oxygen atoms in total. The molecule has 0 saturated heterocycles. The highest BCUT2D eigenvalue weighted by atomic mass is 32.1. The lowest BCUT2D eigenvalue weighted by Crippen LogP contribution is -2.06. The van der Waals surface area contributed by atoms with Crippen LogP contribution < -0.4 is 0 Å². The van der Waals surface area contributed by atoms with Gasteiger partial charge in [0.1, 0.15) is 5.69 Å². The highest BCUT2D eigenvalue weighted by Crippen LogP contribution is 2.17. The number of hydrogen-bond acceptors (Lipinski definition) is 4. The van der Waals surface area contributed by atoms with Crippen molar-refractivity contribution >= 4 is 28.2 Å². The Balaban J connectivity index is 2.16. The Hall–Kier alpha value is -2.64. The number of methoxy groups -OCH3 is 1. The fourth-order valence-electron chi connectivity index (χ4n) is 1.94. The van der Waals surface area contributed by atoms with Crippen LogP contribution >= 0.6 is 11.3 Å². The summed E-state index contributed by atoms with van der Waals surface area (Å²) in [5.41, 5.74) is 2.54. The first kappa shape index (κ1) is 13.3. The van der Waals surface area contributed by atoms with Gasteiger partial charge in [-0.3, -0.25) is 0 Å². The number of carbonyl (C=O) groups is 1. The van der Waals surface area contributed by atoms with Gasteiger partial charge in [0.05, 0.1) is 18.2 Å². The van der Waals surface area contributed by atoms with Crippen LogP contribution in [-0.2, 0) is 4.74 Å². The van der Waals surface area contributed by atoms with Crippen LogP contribution in [0.3, 0.4) is 0 Å². The highest BCUT2D eigenvalue weighted by Gasteiger charge is 2.13. The number of aromatic nitrogens is 1. The molecule has 0 fully saturated rings. The standard InChI is InChI=1S/C17H11NO2S/c1-20-17(19)14-10-13-4-2-3-5-15(13)18-16(14)7-6-12-8-9-21-11-12/h2-5,8-11H,1H3. The molecular formula is C17H11NO2S. The van der Waals surface area contributed by atoms with Crippen molar-refractivity contribution in [3.63, 3.8) is 0 Å². The number of esters is 1. The molecule has 0 radical (unpaired) electrons. The van der Waals surface area contributed by atoms with Crippen LogP contribution in [0.25, 0.3) is 10.9 Å². The third-order valence-electron chi connectivity index (χ3n) is 2.98. The maximum atomic E-state index is 11.9. The van der Waals surface area contributed by atoms with E-state index < -0.39 is 5.97 Å². The number of rotatable bonds is 1. The second-order valence-corrected chi connectivity index (χ2v) is 5.11. The molecule has 0 saturated carbocycles. The lowest BCUT2D eigenvalue weighted by molar-refractivity contribution is 0.0600. The normalized spacial score (nSPS) is 9.95. The van der Waals surface area contributed by atoms with Gasteiger partial charge in [0.15, 0.2) is 0 Å². The van der Waals surface area contributed by atoms with Crippen molar-refractivity contribution < 1.29 is 9.53 Å². The van der Waals surface area contributed by atoms with Gasteiger partial charge in [-0.1, -0.05) is 24.1 Å². The third kappa shape index (κ3) is 2.78. The Bertz CT molecular complexity index is 857. The second kappa shape index (κ2) is 5.78. The molecule has 0 bridgehead atoms. The van der Waals surface area contributed by atoms with Crippen LogP contribution in [0.2, 0.25) is 0 Å². The van der Waals surface area contributed by atoms with Crippen molar-refractivity contribution in [3.8, 4) is 11.8 Å². The Morgan fingerprint density at radius 1 is 1.24 bits per heavy atom. The monoisotopic (exact) mass is 293 g/mol. The lowest BCUT2D eigenvalue weighted by atomic mass is 10.1. The van der Waals surface area contributed by atoms with Crippen molar-refractivity contribution in [2.24, 2.45) is 0 Å². The van der Waals surface area contributed by atoms with E-state index in [2.05, 4.69) is 16.8 Å². The van der Waals surface area contributed by atoms with Gasteiger partial charge in [-0.25, -0.2) is 9.78 Å². The zero-order chi connectivity index (χ0) is 14.7. The SMILES string of the molecule is COC(=O)c1cc2ccccc2nc1C#Cc1ccsc1. The fourth-order valence-corrected chi connectivity index (χ4v) is 2.53. The maximum Gasteiger partial charge on any atom is 0.340 e. The largest absolute Gasteiger partial charge is 0.465 e. The number of carbonyl (C=O) groups excluding carboxylic acids is 1. The third-order valence-corrected chi connectivity index (χ3v) is 3.66. The molecule has 0 atom stereocenters. The van der Waals surface area contributed by atoms with Crippen molar-refractivity contribution in [1.29, 1.82) is 0 Å². The molecule has 0 unspecified atom stereocenters. The Morgan fingerprint density at radius 2 is 2.10 bits per heavy atom. The molecule has 0 aliphatic rings. The van der Waals surface area contributed by atoms with E-state index in [0.717, 1.165) is 16.5 Å². The quantitative estimate of drug-likeness (QED) is 0.509. The number of ether oxygens (including phenoxy) is 1. The summed E-state index contributed by atoms with van der Waals surface area (Å²) in [4.78, 5) is 16.4. The summed E-state index contributed by atoms with van der Waals surface area (Å²) in [5.74, 6) is 5.55. The first-order valence-electron chi connectivity index (χ1n) is 6.30. The van der Waals surface area contributed by atoms with E-state index in [4.69, 9.17) is 4.74 Å². The van der Waals surface area contributed by atoms with E-state index >= 15 is 0 Å². The number of hydrogen-bond donors (Lipinski definition) is 0. The molecule has 4 heteroatoms. The molecule has 21 heavy (non-hydrogen) atoms. The van der Waals surface area contributed by atoms with E-state index in [1.165, 1.54) is 7.11 Å². The molecule has 0 aliphatic carbocycles. The molecule has 2 heterocycles. The molecule has 2 aromatic heterocycles. The van der Waals surface area contributed by atoms with Gasteiger partial charge in [0, 0.05) is 16.3 Å². The number of pyridine rings is 1. The first-order chi connectivity index (χ1) is 10.3. The van der Waals surface area contributed by atoms with Crippen molar-refractivity contribution in [2.45, 2.75) is 0 Å². The van der Waals surface area contributed by atoms with Crippen molar-refractivity contribution in [3.05, 3.63) is 64.0 Å². The van der Waals surface area contributed by atoms with Gasteiger partial charge in [-0.05, 0) is 29.5 Å². The van der Waals surface area contributed by atoms with Crippen LogP contribution in [0.5, 0.6) is 0 Å². The average molecular weight is 293 g/mol. The zero-order valence-corrected chi connectivity index (χ0v) is 12.1. The van der Waals surface area contributed by atoms with E-state index in [0.29, 0.717) is 11.3 Å². The van der Waals surface area contributed by atoms with Crippen molar-refractivity contribution in [1.82, 2.24) is 4.98 Å². The number of fused-ring (bicyclic) bond motifs is 1. The Kier molecular flexibility index (Phi) is 3.67. The van der Waals surface area contributed by atoms with Gasteiger partial charge in [0.2, 0.25) is 0 Å². The van der Waals surface area contributed by atoms with E-state index in [1.54, 1.807) is 17.4 Å². The Morgan fingerprint density at radius 3 is 2.86 bits per heavy atom. The second-order valence-electron chi connectivity index (χ2n) is 4.33. The molecular weight excluding hydrogens is 282 g/mol. The van der Waals surface area contributed by atoms with E-state index in [1.807, 2.05) is 41.1 Å². The number of benzene rings is 1. The molecule has 0 aliphatic heterocycles. The summed E-state index contributed by atoms with van der Waals surface area (Å²) in [6.07, 6.45) is 0. The van der Waals surface area contributed by atoms with Crippen LogP contribution in [0, 0.1) is 11.8 Å². The van der Waals surface area contributed by atoms with Gasteiger partial charge >= 0.3 is 5.97 Å². The van der Waals surface area contributed by atoms with Crippen LogP contribution in [0.4, 0.5) is 0 Å². The summed E-state index contributed by atoms with van der Waals surface area (Å²) in [5, 5.41) is 4.80. The lowest BCUT2D eigenvalue weighted by Gasteiger charge is -2.04. The molecule has 102 valence electrons. The smallest absolute Gasteiger partial charge is 0.340 e. The van der Waals surface area contributed by atoms with Gasteiger partial charge in [-0.15, -0.1) is 0 Å². The van der Waals surface area contributed by atoms with E-state index in [-0.39, 0.29) is 0 Å². The topological polar surface area (TPSA) is 39.2 Å². The fraction of sp³-hybridized carbons (Fsp3) is 0.0588. The first-order valence-corrected chi connectivity index (χ1v) is 7.24. The molecule has 0 spiro atoms. The summed E-state index contributed by atoms with van der Waals surface area (Å²) >= 11 is 1.58. The highest BCUT2D eigenvalue weighted by molar-refractivity contribution is 7.08. The van der Waals surface area contributed by atoms with Crippen LogP contribution in [0.1, 0.15) is 21.6 Å². The summed E-state index contributed by atoms with van der Waals surface area (Å²) in [6.45, 7) is 0. The average Bonchev–Trinajstić information content (AvgIpc) is 3.04. The summed E-state index contributed by atoms with van der Waals surface area (Å²) in [7, 11) is 1.35. The Labute approximate surface area is 126 Å². The van der Waals surface area contributed by atoms with Crippen LogP contribution in [-0.4, -0.2) is 18.1 Å². The molecule has 0 N–H and O–H groups in total. The maximum absolute atomic E-state index is 11.9. The summed E-state index contributed by atoms with van der Waals surface area (Å²) in [6, 6.07) is 11.3. The van der Waals surface area contributed by atoms with Gasteiger partial charge < -0.3 is 4.74 Å². The molecule has 1 aromatic carbocycles. The predicted octanol–water partition coefficient (Wildman–Crippen LogP) is 3.48.